The molecule has 0 bridgehead atoms. The molecule has 1 atom stereocenters. The maximum Gasteiger partial charge on any atom is 0.225 e. The van der Waals surface area contributed by atoms with Crippen molar-refractivity contribution in [3.8, 4) is 0 Å². The molecule has 1 amide bonds. The lowest BCUT2D eigenvalue weighted by atomic mass is 9.84. The fourth-order valence-corrected chi connectivity index (χ4v) is 2.76. The molecule has 0 aromatic heterocycles. The van der Waals surface area contributed by atoms with E-state index in [-0.39, 0.29) is 6.10 Å². The Hall–Kier alpha value is -0.570. The molecule has 0 aromatic carbocycles. The number of rotatable bonds is 5. The zero-order chi connectivity index (χ0) is 13.0. The quantitative estimate of drug-likeness (QED) is 0.754. The van der Waals surface area contributed by atoms with E-state index < -0.39 is 0 Å². The van der Waals surface area contributed by atoms with Crippen molar-refractivity contribution in [2.45, 2.75) is 58.5 Å². The lowest BCUT2D eigenvalue weighted by Crippen LogP contribution is -2.48. The van der Waals surface area contributed by atoms with Gasteiger partial charge in [-0.3, -0.25) is 4.79 Å². The van der Waals surface area contributed by atoms with E-state index in [1.807, 2.05) is 4.90 Å². The highest BCUT2D eigenvalue weighted by molar-refractivity contribution is 5.79. The van der Waals surface area contributed by atoms with Crippen LogP contribution in [0.2, 0.25) is 0 Å². The molecule has 0 spiro atoms. The van der Waals surface area contributed by atoms with Crippen LogP contribution in [-0.2, 0) is 9.53 Å². The van der Waals surface area contributed by atoms with Gasteiger partial charge in [0.05, 0.1) is 12.7 Å². The van der Waals surface area contributed by atoms with Gasteiger partial charge >= 0.3 is 0 Å². The Labute approximate surface area is 111 Å². The highest BCUT2D eigenvalue weighted by Gasteiger charge is 2.32. The van der Waals surface area contributed by atoms with Gasteiger partial charge in [-0.05, 0) is 25.2 Å². The molecule has 1 aliphatic heterocycles. The summed E-state index contributed by atoms with van der Waals surface area (Å²) < 4.78 is 5.78. The van der Waals surface area contributed by atoms with Gasteiger partial charge in [0.25, 0.3) is 0 Å². The van der Waals surface area contributed by atoms with Gasteiger partial charge in [-0.2, -0.15) is 0 Å². The molecule has 3 nitrogen and oxygen atoms in total. The number of ether oxygens (including phenoxy) is 1. The summed E-state index contributed by atoms with van der Waals surface area (Å²) in [5.74, 6) is 1.49. The van der Waals surface area contributed by atoms with Gasteiger partial charge in [0.1, 0.15) is 0 Å². The minimum atomic E-state index is 0.279. The summed E-state index contributed by atoms with van der Waals surface area (Å²) in [4.78, 5) is 14.2. The number of carbonyl (C=O) groups excluding carboxylic acids is 1. The molecular weight excluding hydrogens is 226 g/mol. The average molecular weight is 253 g/mol. The Kier molecular flexibility index (Phi) is 5.04. The van der Waals surface area contributed by atoms with Gasteiger partial charge < -0.3 is 9.64 Å². The third kappa shape index (κ3) is 3.71. The summed E-state index contributed by atoms with van der Waals surface area (Å²) in [6.45, 7) is 6.87. The Balaban J connectivity index is 1.72. The first-order valence-electron chi connectivity index (χ1n) is 7.57. The van der Waals surface area contributed by atoms with Crippen LogP contribution in [0.5, 0.6) is 0 Å². The first-order chi connectivity index (χ1) is 8.66. The van der Waals surface area contributed by atoms with Gasteiger partial charge in [0, 0.05) is 19.0 Å². The van der Waals surface area contributed by atoms with Crippen molar-refractivity contribution in [1.29, 1.82) is 0 Å². The van der Waals surface area contributed by atoms with Crippen molar-refractivity contribution >= 4 is 5.91 Å². The number of amides is 1. The minimum absolute atomic E-state index is 0.279. The maximum atomic E-state index is 12.2. The second kappa shape index (κ2) is 6.55. The van der Waals surface area contributed by atoms with E-state index in [9.17, 15) is 4.79 Å². The summed E-state index contributed by atoms with van der Waals surface area (Å²) in [6.07, 6.45) is 7.30. The van der Waals surface area contributed by atoms with Crippen molar-refractivity contribution in [2.24, 2.45) is 11.8 Å². The SMILES string of the molecule is CC(C)CCC[C@@H]1CN(C(=O)C2CCC2)CCO1. The van der Waals surface area contributed by atoms with E-state index in [4.69, 9.17) is 4.74 Å². The Morgan fingerprint density at radius 1 is 1.39 bits per heavy atom. The summed E-state index contributed by atoms with van der Waals surface area (Å²) >= 11 is 0. The number of hydrogen-bond acceptors (Lipinski definition) is 2. The number of nitrogens with zero attached hydrogens (tertiary/aromatic N) is 1. The smallest absolute Gasteiger partial charge is 0.225 e. The summed E-state index contributed by atoms with van der Waals surface area (Å²) in [5.41, 5.74) is 0. The van der Waals surface area contributed by atoms with E-state index in [1.165, 1.54) is 19.3 Å². The molecule has 0 aromatic rings. The second-order valence-corrected chi connectivity index (χ2v) is 6.23. The second-order valence-electron chi connectivity index (χ2n) is 6.23. The zero-order valence-electron chi connectivity index (χ0n) is 11.9. The van der Waals surface area contributed by atoms with Crippen LogP contribution < -0.4 is 0 Å². The minimum Gasteiger partial charge on any atom is -0.375 e. The van der Waals surface area contributed by atoms with Crippen LogP contribution in [-0.4, -0.2) is 36.6 Å². The first-order valence-corrected chi connectivity index (χ1v) is 7.57. The monoisotopic (exact) mass is 253 g/mol. The van der Waals surface area contributed by atoms with Crippen LogP contribution in [0, 0.1) is 11.8 Å². The van der Waals surface area contributed by atoms with Crippen LogP contribution >= 0.6 is 0 Å². The topological polar surface area (TPSA) is 29.5 Å². The van der Waals surface area contributed by atoms with Gasteiger partial charge in [-0.1, -0.05) is 33.1 Å². The summed E-state index contributed by atoms with van der Waals surface area (Å²) in [6, 6.07) is 0. The predicted molar refractivity (Wildman–Crippen MR) is 72.4 cm³/mol. The van der Waals surface area contributed by atoms with Crippen molar-refractivity contribution in [2.75, 3.05) is 19.7 Å². The van der Waals surface area contributed by atoms with E-state index in [0.717, 1.165) is 44.9 Å². The van der Waals surface area contributed by atoms with Gasteiger partial charge in [-0.25, -0.2) is 0 Å². The first kappa shape index (κ1) is 13.9. The number of carbonyl (C=O) groups is 1. The van der Waals surface area contributed by atoms with E-state index in [1.54, 1.807) is 0 Å². The van der Waals surface area contributed by atoms with E-state index >= 15 is 0 Å². The summed E-state index contributed by atoms with van der Waals surface area (Å²) in [7, 11) is 0. The molecule has 2 fully saturated rings. The largest absolute Gasteiger partial charge is 0.375 e. The van der Waals surface area contributed by atoms with Gasteiger partial charge in [0.2, 0.25) is 5.91 Å². The van der Waals surface area contributed by atoms with Crippen LogP contribution in [0.4, 0.5) is 0 Å². The Morgan fingerprint density at radius 3 is 2.78 bits per heavy atom. The molecule has 0 radical (unpaired) electrons. The number of morpholine rings is 1. The molecule has 3 heteroatoms. The van der Waals surface area contributed by atoms with Crippen molar-refractivity contribution in [3.05, 3.63) is 0 Å². The van der Waals surface area contributed by atoms with E-state index in [0.29, 0.717) is 11.8 Å². The lowest BCUT2D eigenvalue weighted by molar-refractivity contribution is -0.146. The molecule has 0 unspecified atom stereocenters. The fourth-order valence-electron chi connectivity index (χ4n) is 2.76. The Bertz CT molecular complexity index is 274. The molecule has 1 heterocycles. The third-order valence-electron chi connectivity index (χ3n) is 4.21. The van der Waals surface area contributed by atoms with Gasteiger partial charge in [0.15, 0.2) is 0 Å². The molecule has 18 heavy (non-hydrogen) atoms. The molecule has 2 rings (SSSR count). The van der Waals surface area contributed by atoms with Crippen molar-refractivity contribution in [3.63, 3.8) is 0 Å². The lowest BCUT2D eigenvalue weighted by Gasteiger charge is -2.37. The van der Waals surface area contributed by atoms with Crippen LogP contribution in [0.15, 0.2) is 0 Å². The van der Waals surface area contributed by atoms with Crippen LogP contribution in [0.3, 0.4) is 0 Å². The van der Waals surface area contributed by atoms with Crippen LogP contribution in [0.1, 0.15) is 52.4 Å². The molecule has 1 saturated carbocycles. The highest BCUT2D eigenvalue weighted by Crippen LogP contribution is 2.29. The third-order valence-corrected chi connectivity index (χ3v) is 4.21. The van der Waals surface area contributed by atoms with E-state index in [2.05, 4.69) is 13.8 Å². The maximum absolute atomic E-state index is 12.2. The van der Waals surface area contributed by atoms with Crippen LogP contribution in [0.25, 0.3) is 0 Å². The Morgan fingerprint density at radius 2 is 2.17 bits per heavy atom. The fraction of sp³-hybridized carbons (Fsp3) is 0.933. The predicted octanol–water partition coefficient (Wildman–Crippen LogP) is 2.84. The standard InChI is InChI=1S/C15H27NO2/c1-12(2)5-3-8-14-11-16(9-10-18-14)15(17)13-6-4-7-13/h12-14H,3-11H2,1-2H3/t14-/m1/s1. The van der Waals surface area contributed by atoms with Crippen molar-refractivity contribution < 1.29 is 9.53 Å². The van der Waals surface area contributed by atoms with Gasteiger partial charge in [-0.15, -0.1) is 0 Å². The molecule has 2 aliphatic rings. The molecule has 1 saturated heterocycles. The highest BCUT2D eigenvalue weighted by atomic mass is 16.5. The summed E-state index contributed by atoms with van der Waals surface area (Å²) in [5, 5.41) is 0. The normalized spacial score (nSPS) is 25.3. The molecule has 104 valence electrons. The number of hydrogen-bond donors (Lipinski definition) is 0. The molecular formula is C15H27NO2. The molecule has 1 aliphatic carbocycles. The zero-order valence-corrected chi connectivity index (χ0v) is 11.9. The van der Waals surface area contributed by atoms with Crippen molar-refractivity contribution in [1.82, 2.24) is 4.90 Å². The average Bonchev–Trinajstić information content (AvgIpc) is 2.26. The molecule has 0 N–H and O–H groups in total.